The molecule has 0 aliphatic heterocycles. The van der Waals surface area contributed by atoms with Crippen molar-refractivity contribution >= 4 is 8.07 Å². The number of hydrogen-bond donors (Lipinski definition) is 1. The molecule has 0 amide bonds. The molecule has 0 heterocycles. The molecule has 0 aliphatic rings. The fraction of sp³-hybridized carbons (Fsp3) is 0.385. The van der Waals surface area contributed by atoms with Gasteiger partial charge in [-0.25, -0.2) is 0 Å². The Morgan fingerprint density at radius 2 is 1.80 bits per heavy atom. The van der Waals surface area contributed by atoms with Gasteiger partial charge in [0.2, 0.25) is 0 Å². The second-order valence-corrected chi connectivity index (χ2v) is 10.2. The molecule has 0 saturated heterocycles. The molecule has 0 spiro atoms. The van der Waals surface area contributed by atoms with E-state index in [4.69, 9.17) is 6.42 Å². The van der Waals surface area contributed by atoms with Gasteiger partial charge in [0, 0.05) is 6.42 Å². The molecule has 1 atom stereocenters. The van der Waals surface area contributed by atoms with E-state index < -0.39 is 13.3 Å². The highest BCUT2D eigenvalue weighted by Crippen LogP contribution is 2.34. The van der Waals surface area contributed by atoms with Crippen LogP contribution in [0.1, 0.15) is 12.0 Å². The molecule has 15 heavy (non-hydrogen) atoms. The second-order valence-electron chi connectivity index (χ2n) is 4.86. The Morgan fingerprint density at radius 3 is 2.20 bits per heavy atom. The third-order valence-corrected chi connectivity index (χ3v) is 5.80. The van der Waals surface area contributed by atoms with Crippen LogP contribution in [0.2, 0.25) is 19.6 Å². The Balaban J connectivity index is 3.20. The van der Waals surface area contributed by atoms with Gasteiger partial charge in [0.25, 0.3) is 0 Å². The minimum absolute atomic E-state index is 0.396. The van der Waals surface area contributed by atoms with E-state index in [-0.39, 0.29) is 0 Å². The summed E-state index contributed by atoms with van der Waals surface area (Å²) >= 11 is 0. The zero-order chi connectivity index (χ0) is 11.5. The molecular formula is C13H18OSi. The standard InChI is InChI=1S/C13H18OSi/c1-5-11-13(14,15(2,3)4)12-9-7-6-8-10-12/h1,6-10,14H,11H2,2-4H3. The van der Waals surface area contributed by atoms with Gasteiger partial charge >= 0.3 is 0 Å². The Labute approximate surface area is 93.2 Å². The van der Waals surface area contributed by atoms with Gasteiger partial charge < -0.3 is 5.11 Å². The molecule has 0 bridgehead atoms. The van der Waals surface area contributed by atoms with Crippen LogP contribution in [0.25, 0.3) is 0 Å². The van der Waals surface area contributed by atoms with E-state index in [2.05, 4.69) is 25.6 Å². The van der Waals surface area contributed by atoms with Crippen molar-refractivity contribution in [1.82, 2.24) is 0 Å². The predicted molar refractivity (Wildman–Crippen MR) is 67.1 cm³/mol. The molecular weight excluding hydrogens is 200 g/mol. The summed E-state index contributed by atoms with van der Waals surface area (Å²) in [7, 11) is -1.76. The van der Waals surface area contributed by atoms with Crippen molar-refractivity contribution in [1.29, 1.82) is 0 Å². The van der Waals surface area contributed by atoms with Gasteiger partial charge in [0.15, 0.2) is 0 Å². The highest BCUT2D eigenvalue weighted by atomic mass is 28.3. The van der Waals surface area contributed by atoms with Crippen LogP contribution in [0.3, 0.4) is 0 Å². The molecule has 0 saturated carbocycles. The lowest BCUT2D eigenvalue weighted by Crippen LogP contribution is -2.49. The van der Waals surface area contributed by atoms with Gasteiger partial charge in [-0.2, -0.15) is 0 Å². The van der Waals surface area contributed by atoms with Gasteiger partial charge in [0.05, 0.1) is 13.3 Å². The van der Waals surface area contributed by atoms with Crippen LogP contribution in [0.15, 0.2) is 30.3 Å². The summed E-state index contributed by atoms with van der Waals surface area (Å²) in [5, 5.41) is 9.92. The van der Waals surface area contributed by atoms with Crippen LogP contribution in [-0.2, 0) is 5.22 Å². The van der Waals surface area contributed by atoms with E-state index in [9.17, 15) is 5.11 Å². The summed E-state index contributed by atoms with van der Waals surface area (Å²) in [5.41, 5.74) is 0.946. The number of benzene rings is 1. The number of terminal acetylenes is 1. The van der Waals surface area contributed by atoms with Crippen LogP contribution >= 0.6 is 0 Å². The first-order valence-corrected chi connectivity index (χ1v) is 8.63. The normalized spacial score (nSPS) is 15.4. The second kappa shape index (κ2) is 4.22. The van der Waals surface area contributed by atoms with Crippen molar-refractivity contribution in [2.24, 2.45) is 0 Å². The number of hydrogen-bond acceptors (Lipinski definition) is 1. The molecule has 1 nitrogen and oxygen atoms in total. The molecule has 0 aliphatic carbocycles. The van der Waals surface area contributed by atoms with Gasteiger partial charge in [-0.05, 0) is 5.56 Å². The van der Waals surface area contributed by atoms with Crippen molar-refractivity contribution in [3.05, 3.63) is 35.9 Å². The smallest absolute Gasteiger partial charge is 0.0891 e. The van der Waals surface area contributed by atoms with Crippen molar-refractivity contribution in [3.63, 3.8) is 0 Å². The highest BCUT2D eigenvalue weighted by molar-refractivity contribution is 6.78. The average molecular weight is 218 g/mol. The van der Waals surface area contributed by atoms with Gasteiger partial charge in [0.1, 0.15) is 0 Å². The Kier molecular flexibility index (Phi) is 3.38. The molecule has 0 radical (unpaired) electrons. The summed E-state index contributed by atoms with van der Waals surface area (Å²) in [4.78, 5) is 0. The molecule has 0 aromatic heterocycles. The van der Waals surface area contributed by atoms with E-state index in [1.54, 1.807) is 0 Å². The predicted octanol–water partition coefficient (Wildman–Crippen LogP) is 2.77. The summed E-state index contributed by atoms with van der Waals surface area (Å²) < 4.78 is 0. The van der Waals surface area contributed by atoms with Crippen LogP contribution in [-0.4, -0.2) is 13.2 Å². The lowest BCUT2D eigenvalue weighted by atomic mass is 10.1. The molecule has 1 N–H and O–H groups in total. The third kappa shape index (κ3) is 2.31. The largest absolute Gasteiger partial charge is 0.388 e. The maximum atomic E-state index is 10.7. The van der Waals surface area contributed by atoms with Crippen LogP contribution in [0.5, 0.6) is 0 Å². The van der Waals surface area contributed by atoms with Crippen LogP contribution < -0.4 is 0 Å². The SMILES string of the molecule is C#CCC(O)(c1ccccc1)[Si](C)(C)C. The van der Waals surface area contributed by atoms with Gasteiger partial charge in [-0.15, -0.1) is 12.3 Å². The number of aliphatic hydroxyl groups is 1. The monoisotopic (exact) mass is 218 g/mol. The first-order valence-electron chi connectivity index (χ1n) is 5.13. The van der Waals surface area contributed by atoms with Crippen molar-refractivity contribution in [3.8, 4) is 12.3 Å². The van der Waals surface area contributed by atoms with E-state index >= 15 is 0 Å². The van der Waals surface area contributed by atoms with Crippen molar-refractivity contribution in [2.45, 2.75) is 31.3 Å². The fourth-order valence-electron chi connectivity index (χ4n) is 1.66. The zero-order valence-corrected chi connectivity index (χ0v) is 10.6. The average Bonchev–Trinajstić information content (AvgIpc) is 2.18. The summed E-state index contributed by atoms with van der Waals surface area (Å²) in [6.45, 7) is 6.41. The Bertz CT molecular complexity index is 358. The molecule has 80 valence electrons. The zero-order valence-electron chi connectivity index (χ0n) is 9.62. The molecule has 1 aromatic carbocycles. The maximum absolute atomic E-state index is 10.7. The molecule has 2 heteroatoms. The first kappa shape index (κ1) is 12.0. The lowest BCUT2D eigenvalue weighted by Gasteiger charge is -2.38. The third-order valence-electron chi connectivity index (χ3n) is 2.85. The number of rotatable bonds is 3. The van der Waals surface area contributed by atoms with Gasteiger partial charge in [-0.3, -0.25) is 0 Å². The minimum atomic E-state index is -1.76. The highest BCUT2D eigenvalue weighted by Gasteiger charge is 2.42. The molecule has 0 fully saturated rings. The van der Waals surface area contributed by atoms with Crippen LogP contribution in [0, 0.1) is 12.3 Å². The summed E-state index contributed by atoms with van der Waals surface area (Å²) in [6.07, 6.45) is 5.76. The quantitative estimate of drug-likeness (QED) is 0.611. The lowest BCUT2D eigenvalue weighted by molar-refractivity contribution is 0.120. The summed E-state index contributed by atoms with van der Waals surface area (Å²) in [6, 6.07) is 9.74. The van der Waals surface area contributed by atoms with E-state index in [0.29, 0.717) is 6.42 Å². The maximum Gasteiger partial charge on any atom is 0.0891 e. The fourth-order valence-corrected chi connectivity index (χ4v) is 3.33. The van der Waals surface area contributed by atoms with Crippen LogP contribution in [0.4, 0.5) is 0 Å². The van der Waals surface area contributed by atoms with Crippen molar-refractivity contribution in [2.75, 3.05) is 0 Å². The molecule has 1 rings (SSSR count). The van der Waals surface area contributed by atoms with E-state index in [0.717, 1.165) is 5.56 Å². The first-order chi connectivity index (χ1) is 6.92. The molecule has 1 aromatic rings. The van der Waals surface area contributed by atoms with E-state index in [1.165, 1.54) is 0 Å². The Morgan fingerprint density at radius 1 is 1.27 bits per heavy atom. The van der Waals surface area contributed by atoms with Gasteiger partial charge in [-0.1, -0.05) is 50.0 Å². The Hall–Kier alpha value is -1.04. The molecule has 1 unspecified atom stereocenters. The van der Waals surface area contributed by atoms with E-state index in [1.807, 2.05) is 30.3 Å². The van der Waals surface area contributed by atoms with Crippen molar-refractivity contribution < 1.29 is 5.11 Å². The summed E-state index contributed by atoms with van der Waals surface area (Å²) in [5.74, 6) is 2.60. The topological polar surface area (TPSA) is 20.2 Å². The minimum Gasteiger partial charge on any atom is -0.388 e.